The number of carbonyl (C=O) groups excluding carboxylic acids is 2. The molecule has 0 spiro atoms. The third-order valence-corrected chi connectivity index (χ3v) is 3.44. The van der Waals surface area contributed by atoms with Crippen LogP contribution in [-0.4, -0.2) is 12.1 Å². The topological polar surface area (TPSA) is 47.3 Å². The monoisotopic (exact) mass is 290 g/mol. The summed E-state index contributed by atoms with van der Waals surface area (Å²) in [6.45, 7) is 0. The van der Waals surface area contributed by atoms with Gasteiger partial charge in [-0.15, -0.1) is 0 Å². The third kappa shape index (κ3) is 2.88. The molecule has 0 unspecified atom stereocenters. The molecule has 0 fully saturated rings. The molecule has 3 nitrogen and oxygen atoms in total. The Labute approximate surface area is 128 Å². The lowest BCUT2D eigenvalue weighted by Gasteiger charge is -2.06. The summed E-state index contributed by atoms with van der Waals surface area (Å²) in [5.74, 6) is 0.797. The van der Waals surface area contributed by atoms with E-state index >= 15 is 0 Å². The van der Waals surface area contributed by atoms with Crippen molar-refractivity contribution in [1.82, 2.24) is 0 Å². The standard InChI is InChI=1S/C19H14O3/c20-13-15-10-11-19(22-15)17-9-5-4-8-16(17)18(21)12-14-6-2-1-3-7-14/h1-11,13H,12H2. The minimum atomic E-state index is 0.0193. The second-order valence-corrected chi connectivity index (χ2v) is 4.95. The van der Waals surface area contributed by atoms with Crippen molar-refractivity contribution in [3.05, 3.63) is 83.6 Å². The molecular formula is C19H14O3. The molecule has 108 valence electrons. The predicted octanol–water partition coefficient (Wildman–Crippen LogP) is 4.18. The lowest BCUT2D eigenvalue weighted by atomic mass is 9.97. The maximum atomic E-state index is 12.6. The van der Waals surface area contributed by atoms with Crippen molar-refractivity contribution >= 4 is 12.1 Å². The van der Waals surface area contributed by atoms with Crippen molar-refractivity contribution in [2.75, 3.05) is 0 Å². The SMILES string of the molecule is O=Cc1ccc(-c2ccccc2C(=O)Cc2ccccc2)o1. The molecule has 0 atom stereocenters. The highest BCUT2D eigenvalue weighted by Crippen LogP contribution is 2.26. The van der Waals surface area contributed by atoms with Crippen molar-refractivity contribution in [1.29, 1.82) is 0 Å². The Bertz CT molecular complexity index is 800. The fourth-order valence-corrected chi connectivity index (χ4v) is 2.38. The zero-order valence-corrected chi connectivity index (χ0v) is 11.9. The molecule has 0 saturated heterocycles. The molecule has 0 bridgehead atoms. The molecule has 1 heterocycles. The zero-order chi connectivity index (χ0) is 15.4. The Balaban J connectivity index is 1.94. The Hall–Kier alpha value is -2.94. The highest BCUT2D eigenvalue weighted by Gasteiger charge is 2.15. The first-order valence-corrected chi connectivity index (χ1v) is 6.99. The molecule has 1 aromatic heterocycles. The minimum Gasteiger partial charge on any atom is -0.453 e. The average Bonchev–Trinajstić information content (AvgIpc) is 3.05. The molecule has 3 heteroatoms. The molecule has 2 aromatic carbocycles. The van der Waals surface area contributed by atoms with Gasteiger partial charge in [-0.1, -0.05) is 54.6 Å². The normalized spacial score (nSPS) is 10.4. The van der Waals surface area contributed by atoms with Gasteiger partial charge in [-0.3, -0.25) is 9.59 Å². The van der Waals surface area contributed by atoms with Gasteiger partial charge in [0.05, 0.1) is 0 Å². The largest absolute Gasteiger partial charge is 0.453 e. The number of furan rings is 1. The Morgan fingerprint density at radius 2 is 1.64 bits per heavy atom. The maximum Gasteiger partial charge on any atom is 0.185 e. The van der Waals surface area contributed by atoms with Gasteiger partial charge < -0.3 is 4.42 Å². The Kier molecular flexibility index (Phi) is 3.97. The van der Waals surface area contributed by atoms with E-state index in [1.54, 1.807) is 18.2 Å². The molecule has 0 aliphatic rings. The number of benzene rings is 2. The van der Waals surface area contributed by atoms with Gasteiger partial charge in [0.2, 0.25) is 0 Å². The number of carbonyl (C=O) groups is 2. The summed E-state index contributed by atoms with van der Waals surface area (Å²) in [5.41, 5.74) is 2.27. The van der Waals surface area contributed by atoms with Crippen LogP contribution in [0.15, 0.2) is 71.1 Å². The van der Waals surface area contributed by atoms with E-state index in [0.717, 1.165) is 5.56 Å². The quantitative estimate of drug-likeness (QED) is 0.523. The molecule has 0 amide bonds. The van der Waals surface area contributed by atoms with Crippen LogP contribution < -0.4 is 0 Å². The summed E-state index contributed by atoms with van der Waals surface area (Å²) in [6, 6.07) is 20.2. The van der Waals surface area contributed by atoms with Crippen molar-refractivity contribution in [2.24, 2.45) is 0 Å². The van der Waals surface area contributed by atoms with Crippen molar-refractivity contribution < 1.29 is 14.0 Å². The molecule has 0 N–H and O–H groups in total. The summed E-state index contributed by atoms with van der Waals surface area (Å²) < 4.78 is 5.44. The van der Waals surface area contributed by atoms with Crippen LogP contribution >= 0.6 is 0 Å². The van der Waals surface area contributed by atoms with Gasteiger partial charge in [-0.05, 0) is 17.7 Å². The molecule has 3 aromatic rings. The van der Waals surface area contributed by atoms with E-state index in [1.165, 1.54) is 0 Å². The van der Waals surface area contributed by atoms with Gasteiger partial charge in [0, 0.05) is 17.5 Å². The van der Waals surface area contributed by atoms with Crippen LogP contribution in [0.3, 0.4) is 0 Å². The summed E-state index contributed by atoms with van der Waals surface area (Å²) in [7, 11) is 0. The van der Waals surface area contributed by atoms with E-state index in [-0.39, 0.29) is 11.5 Å². The van der Waals surface area contributed by atoms with Crippen LogP contribution in [0, 0.1) is 0 Å². The first-order valence-electron chi connectivity index (χ1n) is 6.99. The van der Waals surface area contributed by atoms with Crippen molar-refractivity contribution in [3.63, 3.8) is 0 Å². The van der Waals surface area contributed by atoms with Gasteiger partial charge in [-0.2, -0.15) is 0 Å². The van der Waals surface area contributed by atoms with E-state index in [1.807, 2.05) is 48.5 Å². The van der Waals surface area contributed by atoms with E-state index in [4.69, 9.17) is 4.42 Å². The lowest BCUT2D eigenvalue weighted by Crippen LogP contribution is -2.05. The second kappa shape index (κ2) is 6.22. The van der Waals surface area contributed by atoms with Crippen LogP contribution in [0.2, 0.25) is 0 Å². The van der Waals surface area contributed by atoms with Crippen LogP contribution in [0.5, 0.6) is 0 Å². The van der Waals surface area contributed by atoms with Crippen LogP contribution in [0.25, 0.3) is 11.3 Å². The molecule has 22 heavy (non-hydrogen) atoms. The molecular weight excluding hydrogens is 276 g/mol. The number of ketones is 1. The lowest BCUT2D eigenvalue weighted by molar-refractivity contribution is 0.0993. The van der Waals surface area contributed by atoms with Gasteiger partial charge >= 0.3 is 0 Å². The summed E-state index contributed by atoms with van der Waals surface area (Å²) in [4.78, 5) is 23.3. The molecule has 0 aliphatic heterocycles. The maximum absolute atomic E-state index is 12.6. The first-order chi connectivity index (χ1) is 10.8. The van der Waals surface area contributed by atoms with Crippen LogP contribution in [-0.2, 0) is 6.42 Å². The van der Waals surface area contributed by atoms with Crippen LogP contribution in [0.4, 0.5) is 0 Å². The Morgan fingerprint density at radius 1 is 0.909 bits per heavy atom. The fourth-order valence-electron chi connectivity index (χ4n) is 2.38. The second-order valence-electron chi connectivity index (χ2n) is 4.95. The molecule has 0 saturated carbocycles. The Morgan fingerprint density at radius 3 is 2.36 bits per heavy atom. The van der Waals surface area contributed by atoms with Gasteiger partial charge in [-0.25, -0.2) is 0 Å². The van der Waals surface area contributed by atoms with Crippen molar-refractivity contribution in [2.45, 2.75) is 6.42 Å². The number of aldehydes is 1. The van der Waals surface area contributed by atoms with E-state index < -0.39 is 0 Å². The number of Topliss-reactive ketones (excluding diaryl/α,β-unsaturated/α-hetero) is 1. The predicted molar refractivity (Wildman–Crippen MR) is 84.0 cm³/mol. The van der Waals surface area contributed by atoms with E-state index in [2.05, 4.69) is 0 Å². The smallest absolute Gasteiger partial charge is 0.185 e. The molecule has 3 rings (SSSR count). The highest BCUT2D eigenvalue weighted by atomic mass is 16.3. The summed E-state index contributed by atoms with van der Waals surface area (Å²) >= 11 is 0. The number of rotatable bonds is 5. The van der Waals surface area contributed by atoms with E-state index in [9.17, 15) is 9.59 Å². The summed E-state index contributed by atoms with van der Waals surface area (Å²) in [5, 5.41) is 0. The van der Waals surface area contributed by atoms with Crippen molar-refractivity contribution in [3.8, 4) is 11.3 Å². The van der Waals surface area contributed by atoms with Gasteiger partial charge in [0.15, 0.2) is 17.8 Å². The fraction of sp³-hybridized carbons (Fsp3) is 0.0526. The highest BCUT2D eigenvalue weighted by molar-refractivity contribution is 6.03. The average molecular weight is 290 g/mol. The van der Waals surface area contributed by atoms with E-state index in [0.29, 0.717) is 29.6 Å². The summed E-state index contributed by atoms with van der Waals surface area (Å²) in [6.07, 6.45) is 0.983. The molecule has 0 aliphatic carbocycles. The zero-order valence-electron chi connectivity index (χ0n) is 11.9. The minimum absolute atomic E-state index is 0.0193. The number of hydrogen-bond donors (Lipinski definition) is 0. The van der Waals surface area contributed by atoms with Crippen LogP contribution in [0.1, 0.15) is 26.5 Å². The van der Waals surface area contributed by atoms with Gasteiger partial charge in [0.25, 0.3) is 0 Å². The van der Waals surface area contributed by atoms with Gasteiger partial charge in [0.1, 0.15) is 5.76 Å². The molecule has 0 radical (unpaired) electrons. The third-order valence-electron chi connectivity index (χ3n) is 3.44. The first kappa shape index (κ1) is 14.0. The number of hydrogen-bond acceptors (Lipinski definition) is 3.